The van der Waals surface area contributed by atoms with Crippen molar-refractivity contribution in [3.8, 4) is 0 Å². The zero-order valence-corrected chi connectivity index (χ0v) is 7.63. The Kier molecular flexibility index (Phi) is 2.08. The Morgan fingerprint density at radius 2 is 2.31 bits per heavy atom. The Labute approximate surface area is 77.2 Å². The van der Waals surface area contributed by atoms with Crippen LogP contribution in [0.1, 0.15) is 23.5 Å². The lowest BCUT2D eigenvalue weighted by molar-refractivity contribution is 0.274. The monoisotopic (exact) mass is 180 g/mol. The third kappa shape index (κ3) is 1.46. The van der Waals surface area contributed by atoms with E-state index in [4.69, 9.17) is 5.11 Å². The van der Waals surface area contributed by atoms with Crippen LogP contribution in [0, 0.1) is 18.7 Å². The molecule has 0 aromatic heterocycles. The summed E-state index contributed by atoms with van der Waals surface area (Å²) in [4.78, 5) is 0. The zero-order valence-electron chi connectivity index (χ0n) is 7.63. The summed E-state index contributed by atoms with van der Waals surface area (Å²) in [5.74, 6) is 0.613. The maximum absolute atomic E-state index is 13.1. The van der Waals surface area contributed by atoms with Crippen molar-refractivity contribution in [1.29, 1.82) is 0 Å². The molecule has 2 atom stereocenters. The molecule has 0 spiro atoms. The van der Waals surface area contributed by atoms with E-state index in [1.165, 1.54) is 6.07 Å². The molecular formula is C11H13FO. The van der Waals surface area contributed by atoms with Gasteiger partial charge in [0.25, 0.3) is 0 Å². The highest BCUT2D eigenvalue weighted by molar-refractivity contribution is 5.34. The van der Waals surface area contributed by atoms with E-state index in [2.05, 4.69) is 0 Å². The first-order chi connectivity index (χ1) is 6.24. The van der Waals surface area contributed by atoms with Gasteiger partial charge in [-0.2, -0.15) is 0 Å². The van der Waals surface area contributed by atoms with Gasteiger partial charge in [-0.3, -0.25) is 0 Å². The molecule has 0 saturated heterocycles. The molecule has 2 rings (SSSR count). The number of hydrogen-bond donors (Lipinski definition) is 1. The van der Waals surface area contributed by atoms with Crippen LogP contribution in [0.25, 0.3) is 0 Å². The third-order valence-electron chi connectivity index (χ3n) is 2.87. The van der Waals surface area contributed by atoms with Gasteiger partial charge in [0.2, 0.25) is 0 Å². The number of benzene rings is 1. The Bertz CT molecular complexity index is 322. The minimum absolute atomic E-state index is 0.138. The molecule has 0 aliphatic heterocycles. The molecule has 1 saturated carbocycles. The fourth-order valence-corrected chi connectivity index (χ4v) is 1.86. The van der Waals surface area contributed by atoms with E-state index < -0.39 is 0 Å². The second-order valence-electron chi connectivity index (χ2n) is 3.74. The van der Waals surface area contributed by atoms with Gasteiger partial charge in [-0.15, -0.1) is 0 Å². The van der Waals surface area contributed by atoms with E-state index >= 15 is 0 Å². The Morgan fingerprint density at radius 3 is 2.92 bits per heavy atom. The summed E-state index contributed by atoms with van der Waals surface area (Å²) < 4.78 is 13.1. The molecule has 0 amide bonds. The van der Waals surface area contributed by atoms with Crippen LogP contribution in [0.4, 0.5) is 4.39 Å². The van der Waals surface area contributed by atoms with Crippen LogP contribution in [0.5, 0.6) is 0 Å². The molecule has 0 heterocycles. The molecule has 70 valence electrons. The van der Waals surface area contributed by atoms with Crippen molar-refractivity contribution in [2.24, 2.45) is 5.92 Å². The molecule has 1 aromatic rings. The normalized spacial score (nSPS) is 26.1. The summed E-state index contributed by atoms with van der Waals surface area (Å²) in [5.41, 5.74) is 1.81. The van der Waals surface area contributed by atoms with Crippen molar-refractivity contribution in [3.63, 3.8) is 0 Å². The predicted molar refractivity (Wildman–Crippen MR) is 49.1 cm³/mol. The fraction of sp³-hybridized carbons (Fsp3) is 0.455. The summed E-state index contributed by atoms with van der Waals surface area (Å²) in [7, 11) is 0. The molecule has 0 unspecified atom stereocenters. The van der Waals surface area contributed by atoms with Crippen LogP contribution in [0.15, 0.2) is 18.2 Å². The van der Waals surface area contributed by atoms with Gasteiger partial charge in [-0.1, -0.05) is 12.1 Å². The maximum Gasteiger partial charge on any atom is 0.126 e. The lowest BCUT2D eigenvalue weighted by atomic mass is 10.0. The van der Waals surface area contributed by atoms with E-state index in [-0.39, 0.29) is 12.4 Å². The van der Waals surface area contributed by atoms with Gasteiger partial charge >= 0.3 is 0 Å². The van der Waals surface area contributed by atoms with Gasteiger partial charge in [-0.05, 0) is 42.4 Å². The second-order valence-corrected chi connectivity index (χ2v) is 3.74. The van der Waals surface area contributed by atoms with E-state index in [0.29, 0.717) is 11.8 Å². The quantitative estimate of drug-likeness (QED) is 0.740. The van der Waals surface area contributed by atoms with Crippen LogP contribution in [0.3, 0.4) is 0 Å². The number of halogens is 1. The number of aliphatic hydroxyl groups is 1. The van der Waals surface area contributed by atoms with Crippen LogP contribution in [0.2, 0.25) is 0 Å². The third-order valence-corrected chi connectivity index (χ3v) is 2.87. The average Bonchev–Trinajstić information content (AvgIpc) is 2.89. The lowest BCUT2D eigenvalue weighted by Crippen LogP contribution is -1.93. The highest BCUT2D eigenvalue weighted by Gasteiger charge is 2.38. The highest BCUT2D eigenvalue weighted by atomic mass is 19.1. The largest absolute Gasteiger partial charge is 0.396 e. The van der Waals surface area contributed by atoms with Gasteiger partial charge in [-0.25, -0.2) is 4.39 Å². The zero-order chi connectivity index (χ0) is 9.42. The molecule has 0 bridgehead atoms. The second kappa shape index (κ2) is 3.11. The summed E-state index contributed by atoms with van der Waals surface area (Å²) >= 11 is 0. The molecule has 0 radical (unpaired) electrons. The first-order valence-electron chi connectivity index (χ1n) is 4.60. The molecule has 13 heavy (non-hydrogen) atoms. The molecule has 1 aliphatic rings. The topological polar surface area (TPSA) is 20.2 Å². The van der Waals surface area contributed by atoms with Crippen molar-refractivity contribution in [3.05, 3.63) is 35.1 Å². The first kappa shape index (κ1) is 8.70. The fourth-order valence-electron chi connectivity index (χ4n) is 1.86. The minimum atomic E-state index is -0.138. The van der Waals surface area contributed by atoms with Crippen molar-refractivity contribution in [1.82, 2.24) is 0 Å². The Morgan fingerprint density at radius 1 is 1.54 bits per heavy atom. The van der Waals surface area contributed by atoms with Gasteiger partial charge in [0.05, 0.1) is 0 Å². The standard InChI is InChI=1S/C11H13FO/c1-7-9(3-2-4-11(7)12)10-5-8(10)6-13/h2-4,8,10,13H,5-6H2,1H3/t8-,10+/m1/s1. The molecule has 1 fully saturated rings. The van der Waals surface area contributed by atoms with E-state index in [1.807, 2.05) is 6.07 Å². The van der Waals surface area contributed by atoms with Crippen LogP contribution in [-0.4, -0.2) is 11.7 Å². The SMILES string of the molecule is Cc1c(F)cccc1[C@H]1C[C@@H]1CO. The molecular weight excluding hydrogens is 167 g/mol. The molecule has 1 aromatic carbocycles. The maximum atomic E-state index is 13.1. The van der Waals surface area contributed by atoms with Crippen LogP contribution in [-0.2, 0) is 0 Å². The summed E-state index contributed by atoms with van der Waals surface area (Å²) in [6.07, 6.45) is 1.00. The summed E-state index contributed by atoms with van der Waals surface area (Å²) in [5, 5.41) is 8.90. The number of aliphatic hydroxyl groups excluding tert-OH is 1. The Balaban J connectivity index is 2.27. The number of hydrogen-bond acceptors (Lipinski definition) is 1. The summed E-state index contributed by atoms with van der Waals surface area (Å²) in [6, 6.07) is 5.18. The van der Waals surface area contributed by atoms with Gasteiger partial charge < -0.3 is 5.11 Å². The van der Waals surface area contributed by atoms with Crippen LogP contribution < -0.4 is 0 Å². The van der Waals surface area contributed by atoms with Crippen molar-refractivity contribution >= 4 is 0 Å². The van der Waals surface area contributed by atoms with E-state index in [1.54, 1.807) is 13.0 Å². The molecule has 1 nitrogen and oxygen atoms in total. The minimum Gasteiger partial charge on any atom is -0.396 e. The predicted octanol–water partition coefficient (Wildman–Crippen LogP) is 2.23. The van der Waals surface area contributed by atoms with Crippen molar-refractivity contribution < 1.29 is 9.50 Å². The van der Waals surface area contributed by atoms with E-state index in [0.717, 1.165) is 17.5 Å². The average molecular weight is 180 g/mol. The highest BCUT2D eigenvalue weighted by Crippen LogP contribution is 2.48. The van der Waals surface area contributed by atoms with Gasteiger partial charge in [0.15, 0.2) is 0 Å². The Hall–Kier alpha value is -0.890. The molecule has 1 N–H and O–H groups in total. The van der Waals surface area contributed by atoms with Gasteiger partial charge in [0.1, 0.15) is 5.82 Å². The number of rotatable bonds is 2. The summed E-state index contributed by atoms with van der Waals surface area (Å²) in [6.45, 7) is 2.03. The van der Waals surface area contributed by atoms with Crippen molar-refractivity contribution in [2.45, 2.75) is 19.3 Å². The van der Waals surface area contributed by atoms with E-state index in [9.17, 15) is 4.39 Å². The molecule has 1 aliphatic carbocycles. The first-order valence-corrected chi connectivity index (χ1v) is 4.60. The lowest BCUT2D eigenvalue weighted by Gasteiger charge is -2.04. The van der Waals surface area contributed by atoms with Crippen molar-refractivity contribution in [2.75, 3.05) is 6.61 Å². The van der Waals surface area contributed by atoms with Crippen LogP contribution >= 0.6 is 0 Å². The van der Waals surface area contributed by atoms with Gasteiger partial charge in [0, 0.05) is 6.61 Å². The smallest absolute Gasteiger partial charge is 0.126 e. The molecule has 2 heteroatoms.